The van der Waals surface area contributed by atoms with Gasteiger partial charge in [0, 0.05) is 0 Å². The average Bonchev–Trinajstić information content (AvgIpc) is 2.27. The molecule has 0 bridgehead atoms. The molecule has 1 rings (SSSR count). The smallest absolute Gasteiger partial charge is 0.306 e. The monoisotopic (exact) mass is 276 g/mol. The number of hydrogen-bond acceptors (Lipinski definition) is 6. The van der Waals surface area contributed by atoms with E-state index in [0.29, 0.717) is 0 Å². The predicted octanol–water partition coefficient (Wildman–Crippen LogP) is -0.164. The molecule has 19 heavy (non-hydrogen) atoms. The van der Waals surface area contributed by atoms with Gasteiger partial charge in [-0.05, 0) is 12.3 Å². The molecule has 112 valence electrons. The van der Waals surface area contributed by atoms with Crippen molar-refractivity contribution in [3.05, 3.63) is 0 Å². The quantitative estimate of drug-likeness (QED) is 0.620. The third-order valence-corrected chi connectivity index (χ3v) is 3.03. The Balaban J connectivity index is 2.47. The first-order valence-electron chi connectivity index (χ1n) is 6.47. The zero-order valence-electron chi connectivity index (χ0n) is 11.9. The van der Waals surface area contributed by atoms with Gasteiger partial charge in [-0.1, -0.05) is 20.8 Å². The van der Waals surface area contributed by atoms with Crippen molar-refractivity contribution in [3.63, 3.8) is 0 Å². The van der Waals surface area contributed by atoms with Crippen LogP contribution in [0.15, 0.2) is 0 Å². The Hall–Kier alpha value is -0.690. The fourth-order valence-corrected chi connectivity index (χ4v) is 1.93. The van der Waals surface area contributed by atoms with Gasteiger partial charge in [-0.3, -0.25) is 4.79 Å². The molecule has 5 unspecified atom stereocenters. The molecule has 0 saturated carbocycles. The van der Waals surface area contributed by atoms with Crippen molar-refractivity contribution >= 4 is 5.97 Å². The standard InChI is InChI=1S/C13H24O6/c1-7-10(15)12(17)11(16)8(19-7)6-18-9(14)5-13(2,3)4/h7-8,10-12,15-17H,5-6H2,1-4H3. The van der Waals surface area contributed by atoms with Crippen molar-refractivity contribution in [2.24, 2.45) is 5.41 Å². The lowest BCUT2D eigenvalue weighted by Gasteiger charge is -2.39. The van der Waals surface area contributed by atoms with Crippen LogP contribution < -0.4 is 0 Å². The van der Waals surface area contributed by atoms with Crippen molar-refractivity contribution in [1.29, 1.82) is 0 Å². The second kappa shape index (κ2) is 6.17. The number of rotatable bonds is 3. The van der Waals surface area contributed by atoms with Crippen LogP contribution in [0.4, 0.5) is 0 Å². The number of carbonyl (C=O) groups excluding carboxylic acids is 1. The van der Waals surface area contributed by atoms with Crippen molar-refractivity contribution in [2.75, 3.05) is 6.61 Å². The van der Waals surface area contributed by atoms with Gasteiger partial charge in [0.25, 0.3) is 0 Å². The molecule has 1 aliphatic rings. The Bertz CT molecular complexity index is 311. The van der Waals surface area contributed by atoms with Gasteiger partial charge in [0.2, 0.25) is 0 Å². The maximum atomic E-state index is 11.6. The minimum Gasteiger partial charge on any atom is -0.463 e. The molecule has 1 aliphatic heterocycles. The lowest BCUT2D eigenvalue weighted by atomic mass is 9.92. The van der Waals surface area contributed by atoms with E-state index in [9.17, 15) is 20.1 Å². The molecule has 6 heteroatoms. The fraction of sp³-hybridized carbons (Fsp3) is 0.923. The Morgan fingerprint density at radius 1 is 1.16 bits per heavy atom. The lowest BCUT2D eigenvalue weighted by molar-refractivity contribution is -0.227. The molecule has 1 saturated heterocycles. The number of aliphatic hydroxyl groups excluding tert-OH is 3. The SMILES string of the molecule is CC1OC(COC(=O)CC(C)(C)C)C(O)C(O)C1O. The highest BCUT2D eigenvalue weighted by atomic mass is 16.6. The minimum atomic E-state index is -1.30. The highest BCUT2D eigenvalue weighted by molar-refractivity contribution is 5.70. The van der Waals surface area contributed by atoms with Crippen LogP contribution in [-0.2, 0) is 14.3 Å². The maximum Gasteiger partial charge on any atom is 0.306 e. The summed E-state index contributed by atoms with van der Waals surface area (Å²) >= 11 is 0. The van der Waals surface area contributed by atoms with Gasteiger partial charge in [0.1, 0.15) is 31.0 Å². The summed E-state index contributed by atoms with van der Waals surface area (Å²) in [6.45, 7) is 7.21. The first kappa shape index (κ1) is 16.4. The molecular weight excluding hydrogens is 252 g/mol. The molecule has 0 aromatic rings. The van der Waals surface area contributed by atoms with Crippen molar-refractivity contribution < 1.29 is 29.6 Å². The molecule has 0 aliphatic carbocycles. The summed E-state index contributed by atoms with van der Waals surface area (Å²) in [6.07, 6.45) is -4.89. The molecule has 1 heterocycles. The second-order valence-corrected chi connectivity index (χ2v) is 6.27. The van der Waals surface area contributed by atoms with E-state index in [0.717, 1.165) is 0 Å². The van der Waals surface area contributed by atoms with Crippen molar-refractivity contribution in [2.45, 2.75) is 64.6 Å². The zero-order chi connectivity index (χ0) is 14.8. The van der Waals surface area contributed by atoms with E-state index in [2.05, 4.69) is 0 Å². The van der Waals surface area contributed by atoms with Crippen LogP contribution >= 0.6 is 0 Å². The maximum absolute atomic E-state index is 11.6. The van der Waals surface area contributed by atoms with Crippen LogP contribution in [-0.4, -0.2) is 58.4 Å². The number of esters is 1. The molecule has 3 N–H and O–H groups in total. The first-order valence-corrected chi connectivity index (χ1v) is 6.47. The van der Waals surface area contributed by atoms with Gasteiger partial charge >= 0.3 is 5.97 Å². The topological polar surface area (TPSA) is 96.2 Å². The molecule has 0 aromatic carbocycles. The van der Waals surface area contributed by atoms with Gasteiger partial charge in [-0.2, -0.15) is 0 Å². The summed E-state index contributed by atoms with van der Waals surface area (Å²) in [5.74, 6) is -0.378. The van der Waals surface area contributed by atoms with E-state index in [4.69, 9.17) is 9.47 Å². The van der Waals surface area contributed by atoms with E-state index in [1.807, 2.05) is 20.8 Å². The number of aliphatic hydroxyl groups is 3. The highest BCUT2D eigenvalue weighted by Gasteiger charge is 2.42. The van der Waals surface area contributed by atoms with Gasteiger partial charge in [-0.15, -0.1) is 0 Å². The Labute approximate surface area is 113 Å². The van der Waals surface area contributed by atoms with E-state index in [1.54, 1.807) is 6.92 Å². The zero-order valence-corrected chi connectivity index (χ0v) is 11.9. The Morgan fingerprint density at radius 3 is 2.26 bits per heavy atom. The molecule has 0 radical (unpaired) electrons. The third kappa shape index (κ3) is 4.72. The highest BCUT2D eigenvalue weighted by Crippen LogP contribution is 2.22. The van der Waals surface area contributed by atoms with Crippen LogP contribution in [0.25, 0.3) is 0 Å². The van der Waals surface area contributed by atoms with Gasteiger partial charge in [0.15, 0.2) is 0 Å². The number of ether oxygens (including phenoxy) is 2. The summed E-state index contributed by atoms with van der Waals surface area (Å²) < 4.78 is 10.4. The van der Waals surface area contributed by atoms with E-state index in [1.165, 1.54) is 0 Å². The lowest BCUT2D eigenvalue weighted by Crippen LogP contribution is -2.57. The van der Waals surface area contributed by atoms with Gasteiger partial charge in [-0.25, -0.2) is 0 Å². The van der Waals surface area contributed by atoms with Gasteiger partial charge in [0.05, 0.1) is 12.5 Å². The molecule has 5 atom stereocenters. The molecule has 1 fully saturated rings. The molecule has 0 spiro atoms. The second-order valence-electron chi connectivity index (χ2n) is 6.27. The summed E-state index contributed by atoms with van der Waals surface area (Å²) in [4.78, 5) is 11.6. The van der Waals surface area contributed by atoms with Crippen molar-refractivity contribution in [3.8, 4) is 0 Å². The summed E-state index contributed by atoms with van der Waals surface area (Å²) in [7, 11) is 0. The minimum absolute atomic E-state index is 0.135. The summed E-state index contributed by atoms with van der Waals surface area (Å²) in [5.41, 5.74) is -0.174. The van der Waals surface area contributed by atoms with Crippen LogP contribution in [0.5, 0.6) is 0 Å². The summed E-state index contributed by atoms with van der Waals surface area (Å²) in [5, 5.41) is 28.9. The van der Waals surface area contributed by atoms with Gasteiger partial charge < -0.3 is 24.8 Å². The van der Waals surface area contributed by atoms with E-state index < -0.39 is 30.5 Å². The predicted molar refractivity (Wildman–Crippen MR) is 67.4 cm³/mol. The fourth-order valence-electron chi connectivity index (χ4n) is 1.93. The molecular formula is C13H24O6. The first-order chi connectivity index (χ1) is 8.61. The molecule has 6 nitrogen and oxygen atoms in total. The third-order valence-electron chi connectivity index (χ3n) is 3.03. The number of carbonyl (C=O) groups is 1. The van der Waals surface area contributed by atoms with Crippen molar-refractivity contribution in [1.82, 2.24) is 0 Å². The summed E-state index contributed by atoms with van der Waals surface area (Å²) in [6, 6.07) is 0. The van der Waals surface area contributed by atoms with Crippen LogP contribution in [0.3, 0.4) is 0 Å². The van der Waals surface area contributed by atoms with Crippen LogP contribution in [0, 0.1) is 5.41 Å². The largest absolute Gasteiger partial charge is 0.463 e. The molecule has 0 amide bonds. The van der Waals surface area contributed by atoms with E-state index >= 15 is 0 Å². The van der Waals surface area contributed by atoms with Crippen LogP contribution in [0.2, 0.25) is 0 Å². The Kier molecular flexibility index (Phi) is 5.32. The number of hydrogen-bond donors (Lipinski definition) is 3. The Morgan fingerprint density at radius 2 is 1.74 bits per heavy atom. The normalized spacial score (nSPS) is 36.1. The molecule has 0 aromatic heterocycles. The average molecular weight is 276 g/mol. The van der Waals surface area contributed by atoms with Crippen LogP contribution in [0.1, 0.15) is 34.1 Å². The van der Waals surface area contributed by atoms with E-state index in [-0.39, 0.29) is 24.4 Å².